The molecule has 0 amide bonds. The van der Waals surface area contributed by atoms with E-state index in [2.05, 4.69) is 31.3 Å². The molecule has 1 heterocycles. The van der Waals surface area contributed by atoms with Gasteiger partial charge in [0.15, 0.2) is 0 Å². The fourth-order valence-corrected chi connectivity index (χ4v) is 5.93. The van der Waals surface area contributed by atoms with Gasteiger partial charge in [0.2, 0.25) is 0 Å². The van der Waals surface area contributed by atoms with Crippen molar-refractivity contribution in [2.45, 2.75) is 29.8 Å². The average molecular weight is 301 g/mol. The first kappa shape index (κ1) is 15.1. The minimum absolute atomic E-state index is 0.0971. The molecule has 0 aliphatic carbocycles. The molecular weight excluding hydrogens is 281 g/mol. The Balaban J connectivity index is 2.27. The molecule has 1 saturated heterocycles. The van der Waals surface area contributed by atoms with Crippen molar-refractivity contribution in [1.82, 2.24) is 5.32 Å². The van der Waals surface area contributed by atoms with Crippen LogP contribution < -0.4 is 5.32 Å². The molecule has 1 aliphatic heterocycles. The van der Waals surface area contributed by atoms with E-state index in [0.717, 1.165) is 0 Å². The van der Waals surface area contributed by atoms with Gasteiger partial charge in [-0.1, -0.05) is 30.3 Å². The molecule has 106 valence electrons. The van der Waals surface area contributed by atoms with E-state index in [1.54, 1.807) is 11.8 Å². The molecule has 0 radical (unpaired) electrons. The van der Waals surface area contributed by atoms with Gasteiger partial charge in [-0.15, -0.1) is 11.8 Å². The van der Waals surface area contributed by atoms with Crippen LogP contribution in [0.25, 0.3) is 0 Å². The second-order valence-electron chi connectivity index (χ2n) is 4.99. The van der Waals surface area contributed by atoms with Crippen molar-refractivity contribution in [2.24, 2.45) is 0 Å². The summed E-state index contributed by atoms with van der Waals surface area (Å²) in [7, 11) is -0.274. The van der Waals surface area contributed by atoms with Crippen LogP contribution in [0.5, 0.6) is 0 Å². The van der Waals surface area contributed by atoms with Gasteiger partial charge in [-0.3, -0.25) is 9.88 Å². The molecule has 0 bridgehead atoms. The summed E-state index contributed by atoms with van der Waals surface area (Å²) >= 11 is 1.74. The van der Waals surface area contributed by atoms with Gasteiger partial charge in [0.25, 0.3) is 0 Å². The first-order valence-electron chi connectivity index (χ1n) is 6.13. The lowest BCUT2D eigenvalue weighted by Gasteiger charge is -2.29. The number of hydrogen-bond acceptors (Lipinski definition) is 5. The monoisotopic (exact) mass is 301 g/mol. The molecule has 2 atom stereocenters. The first-order valence-corrected chi connectivity index (χ1v) is 8.62. The van der Waals surface area contributed by atoms with Crippen LogP contribution in [0, 0.1) is 0 Å². The zero-order valence-corrected chi connectivity index (χ0v) is 13.3. The highest BCUT2D eigenvalue weighted by Crippen LogP contribution is 2.62. The Bertz CT molecular complexity index is 472. The van der Waals surface area contributed by atoms with Crippen molar-refractivity contribution in [2.75, 3.05) is 14.2 Å². The van der Waals surface area contributed by atoms with E-state index in [4.69, 9.17) is 9.05 Å². The van der Waals surface area contributed by atoms with Crippen molar-refractivity contribution in [3.8, 4) is 0 Å². The minimum Gasteiger partial charge on any atom is -0.311 e. The molecule has 6 heteroatoms. The Kier molecular flexibility index (Phi) is 4.43. The lowest BCUT2D eigenvalue weighted by molar-refractivity contribution is 0.254. The number of rotatable bonds is 4. The molecule has 0 unspecified atom stereocenters. The van der Waals surface area contributed by atoms with E-state index in [1.807, 2.05) is 18.2 Å². The van der Waals surface area contributed by atoms with Crippen molar-refractivity contribution in [3.05, 3.63) is 35.9 Å². The van der Waals surface area contributed by atoms with Crippen molar-refractivity contribution in [1.29, 1.82) is 0 Å². The van der Waals surface area contributed by atoms with E-state index >= 15 is 0 Å². The smallest absolute Gasteiger partial charge is 0.311 e. The SMILES string of the molecule is COP(=O)(OC)[C@H]1N[C@H](c2ccccc2)SC1(C)C. The zero-order chi connectivity index (χ0) is 14.1. The summed E-state index contributed by atoms with van der Waals surface area (Å²) in [5.74, 6) is -0.329. The molecule has 1 aliphatic rings. The molecular formula is C13H20NO3PS. The molecule has 0 spiro atoms. The maximum atomic E-state index is 12.6. The number of benzene rings is 1. The van der Waals surface area contributed by atoms with Crippen LogP contribution in [0.2, 0.25) is 0 Å². The summed E-state index contributed by atoms with van der Waals surface area (Å²) in [6.07, 6.45) is 0. The predicted octanol–water partition coefficient (Wildman–Crippen LogP) is 3.61. The van der Waals surface area contributed by atoms with Gasteiger partial charge in [0.1, 0.15) is 5.78 Å². The summed E-state index contributed by atoms with van der Waals surface area (Å²) in [6, 6.07) is 10.1. The van der Waals surface area contributed by atoms with Gasteiger partial charge in [0, 0.05) is 19.0 Å². The molecule has 4 nitrogen and oxygen atoms in total. The van der Waals surface area contributed by atoms with E-state index in [1.165, 1.54) is 19.8 Å². The van der Waals surface area contributed by atoms with E-state index in [9.17, 15) is 4.57 Å². The predicted molar refractivity (Wildman–Crippen MR) is 79.4 cm³/mol. The van der Waals surface area contributed by atoms with Crippen molar-refractivity contribution < 1.29 is 13.6 Å². The highest BCUT2D eigenvalue weighted by molar-refractivity contribution is 8.01. The lowest BCUT2D eigenvalue weighted by atomic mass is 10.2. The van der Waals surface area contributed by atoms with Crippen molar-refractivity contribution in [3.63, 3.8) is 0 Å². The van der Waals surface area contributed by atoms with Gasteiger partial charge < -0.3 is 9.05 Å². The molecule has 0 saturated carbocycles. The number of hydrogen-bond donors (Lipinski definition) is 1. The Morgan fingerprint density at radius 3 is 2.32 bits per heavy atom. The van der Waals surface area contributed by atoms with Crippen LogP contribution in [-0.2, 0) is 13.6 Å². The van der Waals surface area contributed by atoms with Gasteiger partial charge >= 0.3 is 7.60 Å². The third kappa shape index (κ3) is 2.91. The highest BCUT2D eigenvalue weighted by atomic mass is 32.2. The maximum Gasteiger partial charge on any atom is 0.348 e. The summed E-state index contributed by atoms with van der Waals surface area (Å²) in [6.45, 7) is 4.12. The quantitative estimate of drug-likeness (QED) is 0.861. The van der Waals surface area contributed by atoms with Gasteiger partial charge in [-0.05, 0) is 19.4 Å². The standard InChI is InChI=1S/C13H20NO3PS/c1-13(2)12(18(15,16-3)17-4)14-11(19-13)10-8-6-5-7-9-10/h5-9,11-12,14H,1-4H3/t11-,12+/m0/s1. The Morgan fingerprint density at radius 2 is 1.79 bits per heavy atom. The normalized spacial score (nSPS) is 26.5. The molecule has 1 aromatic rings. The Morgan fingerprint density at radius 1 is 1.21 bits per heavy atom. The second-order valence-corrected chi connectivity index (χ2v) is 9.07. The minimum atomic E-state index is -3.14. The third-order valence-corrected chi connectivity index (χ3v) is 7.42. The van der Waals surface area contributed by atoms with Gasteiger partial charge in [-0.2, -0.15) is 0 Å². The van der Waals surface area contributed by atoms with Crippen LogP contribution >= 0.6 is 19.4 Å². The third-order valence-electron chi connectivity index (χ3n) is 3.32. The Hall–Kier alpha value is -0.320. The summed E-state index contributed by atoms with van der Waals surface area (Å²) in [4.78, 5) is 0. The topological polar surface area (TPSA) is 47.6 Å². The largest absolute Gasteiger partial charge is 0.348 e. The zero-order valence-electron chi connectivity index (χ0n) is 11.6. The van der Waals surface area contributed by atoms with Crippen molar-refractivity contribution >= 4 is 19.4 Å². The molecule has 0 aromatic heterocycles. The molecule has 19 heavy (non-hydrogen) atoms. The van der Waals surface area contributed by atoms with Crippen LogP contribution in [0.3, 0.4) is 0 Å². The Labute approximate surface area is 118 Å². The fraction of sp³-hybridized carbons (Fsp3) is 0.538. The summed E-state index contributed by atoms with van der Waals surface area (Å²) < 4.78 is 22.7. The lowest BCUT2D eigenvalue weighted by Crippen LogP contribution is -2.37. The van der Waals surface area contributed by atoms with Crippen LogP contribution in [0.15, 0.2) is 30.3 Å². The van der Waals surface area contributed by atoms with Crippen LogP contribution in [0.4, 0.5) is 0 Å². The van der Waals surface area contributed by atoms with E-state index in [0.29, 0.717) is 0 Å². The van der Waals surface area contributed by atoms with Crippen LogP contribution in [-0.4, -0.2) is 24.7 Å². The molecule has 1 aromatic carbocycles. The maximum absolute atomic E-state index is 12.6. The van der Waals surface area contributed by atoms with E-state index < -0.39 is 7.60 Å². The second kappa shape index (κ2) is 5.58. The van der Waals surface area contributed by atoms with Gasteiger partial charge in [-0.25, -0.2) is 0 Å². The van der Waals surface area contributed by atoms with Crippen LogP contribution in [0.1, 0.15) is 24.8 Å². The first-order chi connectivity index (χ1) is 8.93. The fourth-order valence-electron chi connectivity index (χ4n) is 2.30. The molecule has 2 rings (SSSR count). The summed E-state index contributed by atoms with van der Waals surface area (Å²) in [5, 5.41) is 3.49. The molecule has 1 fully saturated rings. The average Bonchev–Trinajstić information content (AvgIpc) is 2.75. The highest BCUT2D eigenvalue weighted by Gasteiger charge is 2.52. The number of nitrogens with one attached hydrogen (secondary N) is 1. The van der Waals surface area contributed by atoms with E-state index in [-0.39, 0.29) is 15.9 Å². The summed E-state index contributed by atoms with van der Waals surface area (Å²) in [5.41, 5.74) is 1.17. The number of thioether (sulfide) groups is 1. The molecule has 1 N–H and O–H groups in total. The van der Waals surface area contributed by atoms with Gasteiger partial charge in [0.05, 0.1) is 5.37 Å².